The van der Waals surface area contributed by atoms with Crippen molar-refractivity contribution in [1.82, 2.24) is 5.32 Å². The largest absolute Gasteiger partial charge is 0.443 e. The molecule has 0 aromatic heterocycles. The van der Waals surface area contributed by atoms with Crippen molar-refractivity contribution in [2.24, 2.45) is 5.73 Å². The number of amides is 2. The molecular weight excluding hydrogens is 344 g/mol. The van der Waals surface area contributed by atoms with Gasteiger partial charge in [-0.3, -0.25) is 4.79 Å². The number of nitrogens with one attached hydrogen (secondary N) is 1. The molecule has 0 heterocycles. The average Bonchev–Trinajstić information content (AvgIpc) is 2.62. The van der Waals surface area contributed by atoms with Crippen LogP contribution in [-0.2, 0) is 22.4 Å². The first kappa shape index (κ1) is 20.5. The maximum atomic E-state index is 11.6. The molecule has 0 aliphatic carbocycles. The molecule has 27 heavy (non-hydrogen) atoms. The number of aliphatic hydroxyl groups is 1. The van der Waals surface area contributed by atoms with Crippen molar-refractivity contribution < 1.29 is 19.4 Å². The monoisotopic (exact) mass is 370 g/mol. The molecule has 144 valence electrons. The fourth-order valence-corrected chi connectivity index (χ4v) is 3.07. The van der Waals surface area contributed by atoms with Gasteiger partial charge in [-0.2, -0.15) is 0 Å². The Hall–Kier alpha value is -2.86. The second kappa shape index (κ2) is 10.3. The highest BCUT2D eigenvalue weighted by Crippen LogP contribution is 2.16. The number of benzene rings is 2. The standard InChI is InChI=1S/C21H26N2O4/c1-15(24)23-18(12-16-8-4-2-5-9-16)14-19(25)20(27-21(22)26)13-17-10-6-3-7-11-17/h2-11,18-20,25H,12-14H2,1H3,(H2,22,26)(H,23,24). The van der Waals surface area contributed by atoms with Gasteiger partial charge in [0.25, 0.3) is 0 Å². The minimum Gasteiger partial charge on any atom is -0.443 e. The first-order valence-electron chi connectivity index (χ1n) is 8.93. The summed E-state index contributed by atoms with van der Waals surface area (Å²) in [6, 6.07) is 18.8. The highest BCUT2D eigenvalue weighted by Gasteiger charge is 2.26. The number of carbonyl (C=O) groups excluding carboxylic acids is 2. The molecule has 0 bridgehead atoms. The topological polar surface area (TPSA) is 102 Å². The lowest BCUT2D eigenvalue weighted by atomic mass is 9.95. The van der Waals surface area contributed by atoms with Crippen molar-refractivity contribution in [1.29, 1.82) is 0 Å². The summed E-state index contributed by atoms with van der Waals surface area (Å²) in [5, 5.41) is 13.6. The van der Waals surface area contributed by atoms with E-state index in [0.29, 0.717) is 12.8 Å². The Balaban J connectivity index is 2.08. The van der Waals surface area contributed by atoms with Gasteiger partial charge in [0, 0.05) is 19.4 Å². The minimum absolute atomic E-state index is 0.182. The molecule has 6 heteroatoms. The first-order valence-corrected chi connectivity index (χ1v) is 8.93. The van der Waals surface area contributed by atoms with E-state index >= 15 is 0 Å². The molecule has 0 radical (unpaired) electrons. The van der Waals surface area contributed by atoms with Crippen LogP contribution in [0.25, 0.3) is 0 Å². The number of primary amides is 1. The van der Waals surface area contributed by atoms with Gasteiger partial charge in [-0.15, -0.1) is 0 Å². The molecule has 3 unspecified atom stereocenters. The summed E-state index contributed by atoms with van der Waals surface area (Å²) < 4.78 is 5.15. The van der Waals surface area contributed by atoms with Crippen molar-refractivity contribution in [2.45, 2.75) is 44.4 Å². The Kier molecular flexibility index (Phi) is 7.82. The third-order valence-electron chi connectivity index (χ3n) is 4.23. The van der Waals surface area contributed by atoms with E-state index in [1.165, 1.54) is 6.92 Å². The quantitative estimate of drug-likeness (QED) is 0.630. The number of hydrogen-bond donors (Lipinski definition) is 3. The first-order chi connectivity index (χ1) is 12.9. The predicted molar refractivity (Wildman–Crippen MR) is 103 cm³/mol. The maximum Gasteiger partial charge on any atom is 0.404 e. The normalized spacial score (nSPS) is 14.0. The Morgan fingerprint density at radius 3 is 2.00 bits per heavy atom. The van der Waals surface area contributed by atoms with Crippen LogP contribution in [0.3, 0.4) is 0 Å². The van der Waals surface area contributed by atoms with E-state index in [2.05, 4.69) is 5.32 Å². The van der Waals surface area contributed by atoms with E-state index in [0.717, 1.165) is 11.1 Å². The van der Waals surface area contributed by atoms with Crippen LogP contribution in [-0.4, -0.2) is 35.4 Å². The Morgan fingerprint density at radius 2 is 1.52 bits per heavy atom. The second-order valence-corrected chi connectivity index (χ2v) is 6.56. The van der Waals surface area contributed by atoms with E-state index in [4.69, 9.17) is 10.5 Å². The summed E-state index contributed by atoms with van der Waals surface area (Å²) in [5.41, 5.74) is 7.14. The summed E-state index contributed by atoms with van der Waals surface area (Å²) in [6.45, 7) is 1.44. The average molecular weight is 370 g/mol. The van der Waals surface area contributed by atoms with Gasteiger partial charge in [0.2, 0.25) is 5.91 Å². The van der Waals surface area contributed by atoms with Crippen LogP contribution in [0.1, 0.15) is 24.5 Å². The smallest absolute Gasteiger partial charge is 0.404 e. The van der Waals surface area contributed by atoms with Gasteiger partial charge in [-0.1, -0.05) is 60.7 Å². The van der Waals surface area contributed by atoms with Gasteiger partial charge in [0.15, 0.2) is 0 Å². The van der Waals surface area contributed by atoms with Gasteiger partial charge in [0.05, 0.1) is 6.10 Å². The molecule has 2 aromatic carbocycles. The molecule has 4 N–H and O–H groups in total. The lowest BCUT2D eigenvalue weighted by Gasteiger charge is -2.27. The zero-order valence-corrected chi connectivity index (χ0v) is 15.4. The van der Waals surface area contributed by atoms with E-state index in [1.54, 1.807) is 0 Å². The SMILES string of the molecule is CC(=O)NC(Cc1ccccc1)CC(O)C(Cc1ccccc1)OC(N)=O. The van der Waals surface area contributed by atoms with Crippen molar-refractivity contribution in [3.63, 3.8) is 0 Å². The zero-order valence-electron chi connectivity index (χ0n) is 15.4. The summed E-state index contributed by atoms with van der Waals surface area (Å²) >= 11 is 0. The second-order valence-electron chi connectivity index (χ2n) is 6.56. The van der Waals surface area contributed by atoms with Crippen LogP contribution in [0.5, 0.6) is 0 Å². The van der Waals surface area contributed by atoms with Crippen molar-refractivity contribution >= 4 is 12.0 Å². The molecule has 2 amide bonds. The molecule has 0 saturated heterocycles. The fourth-order valence-electron chi connectivity index (χ4n) is 3.07. The highest BCUT2D eigenvalue weighted by molar-refractivity contribution is 5.73. The molecule has 0 spiro atoms. The molecule has 3 atom stereocenters. The van der Waals surface area contributed by atoms with Gasteiger partial charge in [0.1, 0.15) is 6.10 Å². The van der Waals surface area contributed by atoms with Crippen LogP contribution in [0.2, 0.25) is 0 Å². The molecule has 2 rings (SSSR count). The lowest BCUT2D eigenvalue weighted by Crippen LogP contribution is -2.43. The third-order valence-corrected chi connectivity index (χ3v) is 4.23. The van der Waals surface area contributed by atoms with E-state index in [9.17, 15) is 14.7 Å². The van der Waals surface area contributed by atoms with E-state index in [1.807, 2.05) is 60.7 Å². The Morgan fingerprint density at radius 1 is 1.00 bits per heavy atom. The Bertz CT molecular complexity index is 721. The number of rotatable bonds is 9. The summed E-state index contributed by atoms with van der Waals surface area (Å²) in [6.07, 6.45) is -1.57. The van der Waals surface area contributed by atoms with Gasteiger partial charge in [-0.25, -0.2) is 4.79 Å². The van der Waals surface area contributed by atoms with E-state index in [-0.39, 0.29) is 18.4 Å². The van der Waals surface area contributed by atoms with E-state index < -0.39 is 18.3 Å². The molecule has 0 fully saturated rings. The van der Waals surface area contributed by atoms with Gasteiger partial charge >= 0.3 is 6.09 Å². The van der Waals surface area contributed by atoms with Crippen LogP contribution < -0.4 is 11.1 Å². The van der Waals surface area contributed by atoms with Gasteiger partial charge < -0.3 is 20.9 Å². The maximum absolute atomic E-state index is 11.6. The molecule has 6 nitrogen and oxygen atoms in total. The number of aliphatic hydroxyl groups excluding tert-OH is 1. The number of hydrogen-bond acceptors (Lipinski definition) is 4. The molecule has 2 aromatic rings. The molecule has 0 aliphatic heterocycles. The van der Waals surface area contributed by atoms with Gasteiger partial charge in [-0.05, 0) is 24.0 Å². The van der Waals surface area contributed by atoms with Crippen LogP contribution in [0, 0.1) is 0 Å². The lowest BCUT2D eigenvalue weighted by molar-refractivity contribution is -0.120. The summed E-state index contributed by atoms with van der Waals surface area (Å²) in [7, 11) is 0. The molecule has 0 aliphatic rings. The van der Waals surface area contributed by atoms with Crippen molar-refractivity contribution in [2.75, 3.05) is 0 Å². The Labute approximate surface area is 159 Å². The highest BCUT2D eigenvalue weighted by atomic mass is 16.6. The third kappa shape index (κ3) is 7.50. The van der Waals surface area contributed by atoms with Crippen molar-refractivity contribution in [3.8, 4) is 0 Å². The number of carbonyl (C=O) groups is 2. The number of ether oxygens (including phenoxy) is 1. The number of nitrogens with two attached hydrogens (primary N) is 1. The van der Waals surface area contributed by atoms with Crippen LogP contribution >= 0.6 is 0 Å². The fraction of sp³-hybridized carbons (Fsp3) is 0.333. The molecular formula is C21H26N2O4. The zero-order chi connectivity index (χ0) is 19.6. The summed E-state index contributed by atoms with van der Waals surface area (Å²) in [4.78, 5) is 22.8. The summed E-state index contributed by atoms with van der Waals surface area (Å²) in [5.74, 6) is -0.182. The minimum atomic E-state index is -0.974. The van der Waals surface area contributed by atoms with Crippen molar-refractivity contribution in [3.05, 3.63) is 71.8 Å². The van der Waals surface area contributed by atoms with Crippen LogP contribution in [0.15, 0.2) is 60.7 Å². The predicted octanol–water partition coefficient (Wildman–Crippen LogP) is 2.19. The molecule has 0 saturated carbocycles. The van der Waals surface area contributed by atoms with Crippen LogP contribution in [0.4, 0.5) is 4.79 Å².